The summed E-state index contributed by atoms with van der Waals surface area (Å²) in [6.45, 7) is 3.29. The fourth-order valence-electron chi connectivity index (χ4n) is 2.58. The van der Waals surface area contributed by atoms with E-state index in [2.05, 4.69) is 11.1 Å². The molecular formula is C18H18N2O3S. The first-order valence-electron chi connectivity index (χ1n) is 7.87. The van der Waals surface area contributed by atoms with Crippen LogP contribution in [0.15, 0.2) is 29.6 Å². The summed E-state index contributed by atoms with van der Waals surface area (Å²) in [5, 5.41) is 11.7. The molecule has 1 aromatic heterocycles. The number of nitriles is 1. The van der Waals surface area contributed by atoms with Crippen LogP contribution in [-0.4, -0.2) is 30.1 Å². The van der Waals surface area contributed by atoms with E-state index in [-0.39, 0.29) is 11.9 Å². The molecule has 1 fully saturated rings. The molecule has 6 heteroatoms. The highest BCUT2D eigenvalue weighted by molar-refractivity contribution is 7.10. The van der Waals surface area contributed by atoms with E-state index in [1.807, 2.05) is 12.3 Å². The molecule has 124 valence electrons. The van der Waals surface area contributed by atoms with Crippen molar-refractivity contribution >= 4 is 17.1 Å². The van der Waals surface area contributed by atoms with E-state index in [4.69, 9.17) is 9.47 Å². The van der Waals surface area contributed by atoms with Gasteiger partial charge in [-0.2, -0.15) is 5.26 Å². The van der Waals surface area contributed by atoms with Crippen molar-refractivity contribution in [3.8, 4) is 11.8 Å². The van der Waals surface area contributed by atoms with Gasteiger partial charge in [-0.25, -0.2) is 4.98 Å². The number of ketones is 1. The maximum atomic E-state index is 12.6. The van der Waals surface area contributed by atoms with Gasteiger partial charge in [-0.3, -0.25) is 4.79 Å². The van der Waals surface area contributed by atoms with Crippen molar-refractivity contribution < 1.29 is 14.3 Å². The molecule has 2 heterocycles. The molecule has 1 aliphatic heterocycles. The number of aromatic nitrogens is 1. The van der Waals surface area contributed by atoms with Crippen LogP contribution in [-0.2, 0) is 4.74 Å². The second-order valence-corrected chi connectivity index (χ2v) is 6.60. The lowest BCUT2D eigenvalue weighted by Crippen LogP contribution is -2.25. The van der Waals surface area contributed by atoms with Crippen LogP contribution in [0.2, 0.25) is 0 Å². The summed E-state index contributed by atoms with van der Waals surface area (Å²) in [7, 11) is 0. The Morgan fingerprint density at radius 2 is 2.08 bits per heavy atom. The van der Waals surface area contributed by atoms with E-state index in [9.17, 15) is 10.1 Å². The van der Waals surface area contributed by atoms with Gasteiger partial charge in [0.1, 0.15) is 16.9 Å². The lowest BCUT2D eigenvalue weighted by atomic mass is 9.99. The molecule has 5 nitrogen and oxygen atoms in total. The SMILES string of the molecule is Cc1csc(C(C#N)C(=O)c2ccc(OC3CCOCC3)cc2)n1. The van der Waals surface area contributed by atoms with Gasteiger partial charge in [0, 0.05) is 29.5 Å². The standard InChI is InChI=1S/C18H18N2O3S/c1-12-11-24-18(20-12)16(10-19)17(21)13-2-4-14(5-3-13)23-15-6-8-22-9-7-15/h2-5,11,15-16H,6-9H2,1H3. The van der Waals surface area contributed by atoms with Crippen molar-refractivity contribution in [2.75, 3.05) is 13.2 Å². The van der Waals surface area contributed by atoms with Crippen LogP contribution in [0.3, 0.4) is 0 Å². The van der Waals surface area contributed by atoms with Crippen LogP contribution in [0.5, 0.6) is 5.75 Å². The molecule has 0 bridgehead atoms. The number of hydrogen-bond acceptors (Lipinski definition) is 6. The van der Waals surface area contributed by atoms with Gasteiger partial charge in [0.2, 0.25) is 0 Å². The Kier molecular flexibility index (Phi) is 5.24. The number of aryl methyl sites for hydroxylation is 1. The Labute approximate surface area is 144 Å². The third kappa shape index (κ3) is 3.81. The van der Waals surface area contributed by atoms with E-state index in [0.29, 0.717) is 10.6 Å². The maximum absolute atomic E-state index is 12.6. The monoisotopic (exact) mass is 342 g/mol. The third-order valence-corrected chi connectivity index (χ3v) is 4.91. The lowest BCUT2D eigenvalue weighted by Gasteiger charge is -2.23. The van der Waals surface area contributed by atoms with Crippen LogP contribution in [0, 0.1) is 18.3 Å². The molecule has 0 N–H and O–H groups in total. The first kappa shape index (κ1) is 16.6. The average molecular weight is 342 g/mol. The Morgan fingerprint density at radius 3 is 2.67 bits per heavy atom. The molecule has 2 aromatic rings. The zero-order valence-corrected chi connectivity index (χ0v) is 14.2. The quantitative estimate of drug-likeness (QED) is 0.778. The Bertz CT molecular complexity index is 742. The predicted molar refractivity (Wildman–Crippen MR) is 90.4 cm³/mol. The van der Waals surface area contributed by atoms with Crippen molar-refractivity contribution in [2.45, 2.75) is 31.8 Å². The molecule has 1 saturated heterocycles. The maximum Gasteiger partial charge on any atom is 0.186 e. The van der Waals surface area contributed by atoms with Gasteiger partial charge in [0.05, 0.1) is 19.3 Å². The summed E-state index contributed by atoms with van der Waals surface area (Å²) in [4.78, 5) is 16.8. The second kappa shape index (κ2) is 7.56. The van der Waals surface area contributed by atoms with E-state index in [1.54, 1.807) is 24.3 Å². The number of rotatable bonds is 5. The van der Waals surface area contributed by atoms with Gasteiger partial charge in [-0.05, 0) is 31.2 Å². The van der Waals surface area contributed by atoms with E-state index >= 15 is 0 Å². The second-order valence-electron chi connectivity index (χ2n) is 5.71. The Hall–Kier alpha value is -2.23. The van der Waals surface area contributed by atoms with E-state index < -0.39 is 5.92 Å². The van der Waals surface area contributed by atoms with Crippen LogP contribution < -0.4 is 4.74 Å². The number of hydrogen-bond donors (Lipinski definition) is 0. The summed E-state index contributed by atoms with van der Waals surface area (Å²) in [6.07, 6.45) is 1.91. The van der Waals surface area contributed by atoms with Gasteiger partial charge in [-0.15, -0.1) is 11.3 Å². The predicted octanol–water partition coefficient (Wildman–Crippen LogP) is 3.50. The highest BCUT2D eigenvalue weighted by Crippen LogP contribution is 2.25. The van der Waals surface area contributed by atoms with Crippen LogP contribution in [0.1, 0.15) is 39.8 Å². The number of nitrogens with zero attached hydrogens (tertiary/aromatic N) is 2. The first-order valence-corrected chi connectivity index (χ1v) is 8.75. The smallest absolute Gasteiger partial charge is 0.186 e. The molecule has 0 spiro atoms. The van der Waals surface area contributed by atoms with Crippen LogP contribution in [0.4, 0.5) is 0 Å². The zero-order valence-electron chi connectivity index (χ0n) is 13.4. The lowest BCUT2D eigenvalue weighted by molar-refractivity contribution is 0.0256. The molecule has 24 heavy (non-hydrogen) atoms. The largest absolute Gasteiger partial charge is 0.490 e. The molecule has 0 amide bonds. The molecule has 1 unspecified atom stereocenters. The molecule has 3 rings (SSSR count). The first-order chi connectivity index (χ1) is 11.7. The minimum Gasteiger partial charge on any atom is -0.490 e. The zero-order chi connectivity index (χ0) is 16.9. The highest BCUT2D eigenvalue weighted by atomic mass is 32.1. The van der Waals surface area contributed by atoms with E-state index in [1.165, 1.54) is 11.3 Å². The molecule has 1 aromatic carbocycles. The van der Waals surface area contributed by atoms with Gasteiger partial charge < -0.3 is 9.47 Å². The summed E-state index contributed by atoms with van der Waals surface area (Å²) in [6, 6.07) is 9.05. The highest BCUT2D eigenvalue weighted by Gasteiger charge is 2.24. The molecule has 0 radical (unpaired) electrons. The number of thiazole rings is 1. The van der Waals surface area contributed by atoms with Crippen molar-refractivity contribution in [2.24, 2.45) is 0 Å². The molecular weight excluding hydrogens is 324 g/mol. The molecule has 0 saturated carbocycles. The summed E-state index contributed by atoms with van der Waals surface area (Å²) in [5.74, 6) is -0.354. The Morgan fingerprint density at radius 1 is 1.38 bits per heavy atom. The number of carbonyl (C=O) groups excluding carboxylic acids is 1. The van der Waals surface area contributed by atoms with Crippen molar-refractivity contribution in [3.05, 3.63) is 45.9 Å². The summed E-state index contributed by atoms with van der Waals surface area (Å²) in [5.41, 5.74) is 1.32. The molecule has 0 aliphatic carbocycles. The van der Waals surface area contributed by atoms with Gasteiger partial charge in [-0.1, -0.05) is 0 Å². The number of carbonyl (C=O) groups is 1. The average Bonchev–Trinajstić information content (AvgIpc) is 3.03. The fourth-order valence-corrected chi connectivity index (χ4v) is 3.42. The normalized spacial score (nSPS) is 16.3. The minimum atomic E-state index is -0.856. The topological polar surface area (TPSA) is 72.2 Å². The minimum absolute atomic E-state index is 0.158. The number of benzene rings is 1. The summed E-state index contributed by atoms with van der Waals surface area (Å²) >= 11 is 1.34. The summed E-state index contributed by atoms with van der Waals surface area (Å²) < 4.78 is 11.2. The van der Waals surface area contributed by atoms with Crippen molar-refractivity contribution in [1.82, 2.24) is 4.98 Å². The van der Waals surface area contributed by atoms with Crippen molar-refractivity contribution in [3.63, 3.8) is 0 Å². The molecule has 1 atom stereocenters. The van der Waals surface area contributed by atoms with Gasteiger partial charge >= 0.3 is 0 Å². The van der Waals surface area contributed by atoms with Gasteiger partial charge in [0.15, 0.2) is 11.7 Å². The van der Waals surface area contributed by atoms with Crippen LogP contribution in [0.25, 0.3) is 0 Å². The molecule has 1 aliphatic rings. The fraction of sp³-hybridized carbons (Fsp3) is 0.389. The van der Waals surface area contributed by atoms with Crippen LogP contribution >= 0.6 is 11.3 Å². The van der Waals surface area contributed by atoms with Gasteiger partial charge in [0.25, 0.3) is 0 Å². The van der Waals surface area contributed by atoms with Crippen molar-refractivity contribution in [1.29, 1.82) is 5.26 Å². The number of ether oxygens (including phenoxy) is 2. The number of Topliss-reactive ketones (excluding diaryl/α,β-unsaturated/α-hetero) is 1. The Balaban J connectivity index is 1.70. The van der Waals surface area contributed by atoms with E-state index in [0.717, 1.165) is 37.5 Å². The third-order valence-electron chi connectivity index (χ3n) is 3.88.